The number of fused-ring (bicyclic) bond motifs is 1. The van der Waals surface area contributed by atoms with Gasteiger partial charge in [0.15, 0.2) is 5.65 Å². The van der Waals surface area contributed by atoms with Gasteiger partial charge in [-0.3, -0.25) is 4.79 Å². The highest BCUT2D eigenvalue weighted by Crippen LogP contribution is 2.33. The Balaban J connectivity index is 1.71. The third-order valence-corrected chi connectivity index (χ3v) is 5.16. The molecule has 1 unspecified atom stereocenters. The molecule has 0 aromatic carbocycles. The van der Waals surface area contributed by atoms with Gasteiger partial charge in [-0.15, -0.1) is 0 Å². The summed E-state index contributed by atoms with van der Waals surface area (Å²) in [5, 5.41) is 4.46. The molecule has 5 nitrogen and oxygen atoms in total. The molecule has 2 aliphatic rings. The molecule has 2 heterocycles. The Morgan fingerprint density at radius 1 is 1.27 bits per heavy atom. The van der Waals surface area contributed by atoms with E-state index >= 15 is 0 Å². The van der Waals surface area contributed by atoms with Gasteiger partial charge in [0, 0.05) is 6.42 Å². The van der Waals surface area contributed by atoms with Crippen LogP contribution >= 0.6 is 0 Å². The monoisotopic (exact) mass is 364 g/mol. The summed E-state index contributed by atoms with van der Waals surface area (Å²) in [6.45, 7) is 0. The molecule has 1 N–H and O–H groups in total. The number of rotatable bonds is 3. The zero-order valence-corrected chi connectivity index (χ0v) is 14.1. The maximum absolute atomic E-state index is 13.0. The summed E-state index contributed by atoms with van der Waals surface area (Å²) < 4.78 is 40.4. The summed E-state index contributed by atoms with van der Waals surface area (Å²) in [7, 11) is 0. The van der Waals surface area contributed by atoms with E-state index in [1.807, 2.05) is 0 Å². The van der Waals surface area contributed by atoms with E-state index in [4.69, 9.17) is 0 Å². The molecule has 0 aliphatic heterocycles. The van der Waals surface area contributed by atoms with E-state index in [-0.39, 0.29) is 5.56 Å². The van der Waals surface area contributed by atoms with Crippen molar-refractivity contribution in [1.82, 2.24) is 19.7 Å². The largest absolute Gasteiger partial charge is 0.416 e. The Morgan fingerprint density at radius 2 is 2.04 bits per heavy atom. The van der Waals surface area contributed by atoms with Crippen LogP contribution < -0.4 is 5.56 Å². The second kappa shape index (κ2) is 6.41. The summed E-state index contributed by atoms with van der Waals surface area (Å²) in [4.78, 5) is 19.7. The van der Waals surface area contributed by atoms with Crippen LogP contribution in [0.5, 0.6) is 0 Å². The highest BCUT2D eigenvalue weighted by atomic mass is 19.4. The van der Waals surface area contributed by atoms with E-state index in [0.717, 1.165) is 25.0 Å². The highest BCUT2D eigenvalue weighted by molar-refractivity contribution is 5.73. The van der Waals surface area contributed by atoms with Crippen molar-refractivity contribution >= 4 is 11.0 Å². The smallest absolute Gasteiger partial charge is 0.310 e. The number of allylic oxidation sites excluding steroid dienone is 4. The normalized spacial score (nSPS) is 21.5. The number of nitrogens with zero attached hydrogens (tertiary/aromatic N) is 3. The van der Waals surface area contributed by atoms with Crippen molar-refractivity contribution in [2.75, 3.05) is 0 Å². The average molecular weight is 364 g/mol. The van der Waals surface area contributed by atoms with Crippen LogP contribution in [0.15, 0.2) is 34.8 Å². The molecule has 0 spiro atoms. The lowest BCUT2D eigenvalue weighted by Gasteiger charge is -2.19. The van der Waals surface area contributed by atoms with Gasteiger partial charge in [-0.1, -0.05) is 37.8 Å². The predicted molar refractivity (Wildman–Crippen MR) is 90.7 cm³/mol. The first-order chi connectivity index (χ1) is 12.4. The molecule has 0 bridgehead atoms. The Hall–Kier alpha value is -2.38. The fraction of sp³-hybridized carbons (Fsp3) is 0.500. The van der Waals surface area contributed by atoms with Crippen LogP contribution in [0.1, 0.15) is 44.0 Å². The van der Waals surface area contributed by atoms with Crippen molar-refractivity contribution in [1.29, 1.82) is 0 Å². The molecular formula is C18H19F3N4O. The number of nitrogens with one attached hydrogen (secondary N) is 1. The molecule has 2 aromatic rings. The Kier molecular flexibility index (Phi) is 4.20. The molecule has 1 fully saturated rings. The zero-order chi connectivity index (χ0) is 18.3. The van der Waals surface area contributed by atoms with Gasteiger partial charge in [0.25, 0.3) is 5.56 Å². The van der Waals surface area contributed by atoms with Gasteiger partial charge in [0.05, 0.1) is 17.8 Å². The van der Waals surface area contributed by atoms with Gasteiger partial charge in [-0.2, -0.15) is 18.3 Å². The van der Waals surface area contributed by atoms with Gasteiger partial charge in [0.1, 0.15) is 11.2 Å². The quantitative estimate of drug-likeness (QED) is 0.900. The molecule has 2 aliphatic carbocycles. The van der Waals surface area contributed by atoms with Crippen molar-refractivity contribution in [3.63, 3.8) is 0 Å². The number of aromatic amines is 1. The molecule has 8 heteroatoms. The van der Waals surface area contributed by atoms with Crippen LogP contribution in [0, 0.1) is 5.92 Å². The number of halogens is 3. The number of hydrogen-bond acceptors (Lipinski definition) is 3. The fourth-order valence-electron chi connectivity index (χ4n) is 3.83. The van der Waals surface area contributed by atoms with Crippen LogP contribution in [-0.2, 0) is 6.42 Å². The number of H-pyrrole nitrogens is 1. The van der Waals surface area contributed by atoms with E-state index in [9.17, 15) is 18.0 Å². The van der Waals surface area contributed by atoms with Crippen molar-refractivity contribution < 1.29 is 13.2 Å². The van der Waals surface area contributed by atoms with Crippen molar-refractivity contribution in [2.24, 2.45) is 5.92 Å². The fourth-order valence-corrected chi connectivity index (χ4v) is 3.83. The van der Waals surface area contributed by atoms with E-state index in [0.29, 0.717) is 35.6 Å². The van der Waals surface area contributed by atoms with Gasteiger partial charge in [0.2, 0.25) is 0 Å². The van der Waals surface area contributed by atoms with E-state index in [1.54, 1.807) is 0 Å². The summed E-state index contributed by atoms with van der Waals surface area (Å²) in [5.41, 5.74) is -0.645. The Morgan fingerprint density at radius 3 is 2.77 bits per heavy atom. The molecule has 0 amide bonds. The average Bonchev–Trinajstić information content (AvgIpc) is 3.24. The van der Waals surface area contributed by atoms with Gasteiger partial charge in [-0.05, 0) is 18.4 Å². The van der Waals surface area contributed by atoms with E-state index in [1.165, 1.54) is 29.8 Å². The molecule has 138 valence electrons. The lowest BCUT2D eigenvalue weighted by atomic mass is 10.0. The molecule has 1 atom stereocenters. The molecule has 4 rings (SSSR count). The molecule has 26 heavy (non-hydrogen) atoms. The number of alkyl halides is 3. The summed E-state index contributed by atoms with van der Waals surface area (Å²) in [6.07, 6.45) is 6.35. The van der Waals surface area contributed by atoms with Crippen molar-refractivity contribution in [3.05, 3.63) is 46.2 Å². The molecule has 2 aromatic heterocycles. The molecule has 0 saturated heterocycles. The third-order valence-electron chi connectivity index (χ3n) is 5.16. The number of aromatic nitrogens is 4. The van der Waals surface area contributed by atoms with Crippen LogP contribution in [0.3, 0.4) is 0 Å². The SMILES string of the molecule is O=c1[nH]c(CC2CCCC2)nc2c1cnn2C1C=C(C(F)(F)F)C=CC1. The maximum Gasteiger partial charge on any atom is 0.416 e. The van der Waals surface area contributed by atoms with Gasteiger partial charge in [-0.25, -0.2) is 9.67 Å². The summed E-state index contributed by atoms with van der Waals surface area (Å²) in [6, 6.07) is -0.609. The predicted octanol–water partition coefficient (Wildman–Crippen LogP) is 3.84. The van der Waals surface area contributed by atoms with Crippen LogP contribution in [0.25, 0.3) is 11.0 Å². The molecular weight excluding hydrogens is 345 g/mol. The minimum atomic E-state index is -4.41. The maximum atomic E-state index is 13.0. The van der Waals surface area contributed by atoms with Crippen LogP contribution in [0.2, 0.25) is 0 Å². The Labute approximate surface area is 147 Å². The Bertz CT molecular complexity index is 932. The minimum absolute atomic E-state index is 0.291. The zero-order valence-electron chi connectivity index (χ0n) is 14.1. The van der Waals surface area contributed by atoms with Crippen LogP contribution in [-0.4, -0.2) is 25.9 Å². The second-order valence-corrected chi connectivity index (χ2v) is 7.02. The standard InChI is InChI=1S/C18H19F3N4O/c19-18(20,21)12-6-3-7-13(9-12)25-16-14(10-22-25)17(26)24-15(23-16)8-11-4-1-2-5-11/h3,6,9-11,13H,1-2,4-5,7-8H2,(H,23,24,26). The van der Waals surface area contributed by atoms with Crippen LogP contribution in [0.4, 0.5) is 13.2 Å². The summed E-state index contributed by atoms with van der Waals surface area (Å²) in [5.74, 6) is 1.09. The second-order valence-electron chi connectivity index (χ2n) is 7.02. The summed E-state index contributed by atoms with van der Waals surface area (Å²) >= 11 is 0. The van der Waals surface area contributed by atoms with E-state index < -0.39 is 17.8 Å². The number of hydrogen-bond donors (Lipinski definition) is 1. The first-order valence-electron chi connectivity index (χ1n) is 8.84. The lowest BCUT2D eigenvalue weighted by molar-refractivity contribution is -0.0889. The van der Waals surface area contributed by atoms with Gasteiger partial charge >= 0.3 is 6.18 Å². The molecule has 1 saturated carbocycles. The molecule has 0 radical (unpaired) electrons. The van der Waals surface area contributed by atoms with Gasteiger partial charge < -0.3 is 4.98 Å². The first kappa shape index (κ1) is 17.1. The lowest BCUT2D eigenvalue weighted by Crippen LogP contribution is -2.19. The third kappa shape index (κ3) is 3.20. The van der Waals surface area contributed by atoms with E-state index in [2.05, 4.69) is 15.1 Å². The van der Waals surface area contributed by atoms with Crippen molar-refractivity contribution in [2.45, 2.75) is 50.7 Å². The topological polar surface area (TPSA) is 63.6 Å². The van der Waals surface area contributed by atoms with Crippen molar-refractivity contribution in [3.8, 4) is 0 Å². The first-order valence-corrected chi connectivity index (χ1v) is 8.84. The minimum Gasteiger partial charge on any atom is -0.310 e. The highest BCUT2D eigenvalue weighted by Gasteiger charge is 2.34.